The van der Waals surface area contributed by atoms with Crippen LogP contribution in [0.4, 0.5) is 0 Å². The summed E-state index contributed by atoms with van der Waals surface area (Å²) in [5.41, 5.74) is 1.97. The van der Waals surface area contributed by atoms with Gasteiger partial charge in [0.05, 0.1) is 17.6 Å². The molecule has 0 fully saturated rings. The van der Waals surface area contributed by atoms with Gasteiger partial charge in [0.1, 0.15) is 0 Å². The molecule has 0 bridgehead atoms. The second-order valence-corrected chi connectivity index (χ2v) is 6.61. The first-order valence-electron chi connectivity index (χ1n) is 8.79. The van der Waals surface area contributed by atoms with Crippen LogP contribution in [0.1, 0.15) is 41.4 Å². The van der Waals surface area contributed by atoms with Gasteiger partial charge in [-0.3, -0.25) is 4.79 Å². The van der Waals surface area contributed by atoms with E-state index in [1.54, 1.807) is 39.1 Å². The molecule has 2 rings (SSSR count). The first-order valence-corrected chi connectivity index (χ1v) is 8.79. The predicted octanol–water partition coefficient (Wildman–Crippen LogP) is 3.45. The summed E-state index contributed by atoms with van der Waals surface area (Å²) in [7, 11) is 1.72. The molecule has 28 heavy (non-hydrogen) atoms. The van der Waals surface area contributed by atoms with Crippen molar-refractivity contribution >= 4 is 24.3 Å². The number of esters is 2. The van der Waals surface area contributed by atoms with Gasteiger partial charge in [-0.25, -0.2) is 4.79 Å². The number of benzene rings is 2. The van der Waals surface area contributed by atoms with Gasteiger partial charge in [-0.15, -0.1) is 12.4 Å². The van der Waals surface area contributed by atoms with Crippen LogP contribution in [0.2, 0.25) is 0 Å². The lowest BCUT2D eigenvalue weighted by atomic mass is 10.1. The van der Waals surface area contributed by atoms with Gasteiger partial charge in [0.25, 0.3) is 0 Å². The Balaban J connectivity index is 0.00000392. The quantitative estimate of drug-likeness (QED) is 0.540. The van der Waals surface area contributed by atoms with Gasteiger partial charge in [-0.05, 0) is 43.8 Å². The van der Waals surface area contributed by atoms with E-state index in [0.717, 1.165) is 5.56 Å². The summed E-state index contributed by atoms with van der Waals surface area (Å²) in [6.07, 6.45) is -0.784. The van der Waals surface area contributed by atoms with Gasteiger partial charge in [-0.2, -0.15) is 0 Å². The number of hydrogen-bond donors (Lipinski definition) is 2. The summed E-state index contributed by atoms with van der Waals surface area (Å²) < 4.78 is 10.8. The lowest BCUT2D eigenvalue weighted by Crippen LogP contribution is -2.18. The molecule has 0 aromatic heterocycles. The number of halogens is 1. The van der Waals surface area contributed by atoms with E-state index in [1.807, 2.05) is 19.1 Å². The maximum atomic E-state index is 12.4. The molecule has 0 spiro atoms. The standard InChI is InChI=1S/C21H25NO5.ClH/c1-13(2)20(24)27-19-11-16(17(23)12-22-4)9-10-18(19)26-21(25)15-7-5-14(3)6-8-15;/h5-11,13,17,22-23H,12H2,1-4H3;1H. The van der Waals surface area contributed by atoms with Crippen LogP contribution in [0.25, 0.3) is 0 Å². The van der Waals surface area contributed by atoms with Crippen molar-refractivity contribution in [1.29, 1.82) is 0 Å². The van der Waals surface area contributed by atoms with E-state index in [9.17, 15) is 14.7 Å². The first-order chi connectivity index (χ1) is 12.8. The van der Waals surface area contributed by atoms with Crippen molar-refractivity contribution in [3.63, 3.8) is 0 Å². The molecule has 0 heterocycles. The van der Waals surface area contributed by atoms with Gasteiger partial charge in [0, 0.05) is 6.54 Å². The minimum atomic E-state index is -0.784. The molecule has 0 saturated carbocycles. The Morgan fingerprint density at radius 2 is 1.68 bits per heavy atom. The van der Waals surface area contributed by atoms with Crippen LogP contribution >= 0.6 is 12.4 Å². The van der Waals surface area contributed by atoms with Gasteiger partial charge in [-0.1, -0.05) is 37.6 Å². The van der Waals surface area contributed by atoms with Gasteiger partial charge in [0.2, 0.25) is 0 Å². The van der Waals surface area contributed by atoms with E-state index in [2.05, 4.69) is 5.32 Å². The van der Waals surface area contributed by atoms with Crippen LogP contribution in [0, 0.1) is 12.8 Å². The number of likely N-dealkylation sites (N-methyl/N-ethyl adjacent to an activating group) is 1. The van der Waals surface area contributed by atoms with E-state index in [4.69, 9.17) is 9.47 Å². The number of carbonyl (C=O) groups excluding carboxylic acids is 2. The van der Waals surface area contributed by atoms with Crippen LogP contribution in [-0.4, -0.2) is 30.6 Å². The van der Waals surface area contributed by atoms with E-state index >= 15 is 0 Å². The van der Waals surface area contributed by atoms with E-state index in [0.29, 0.717) is 17.7 Å². The van der Waals surface area contributed by atoms with Crippen LogP contribution < -0.4 is 14.8 Å². The second kappa shape index (κ2) is 10.8. The Morgan fingerprint density at radius 1 is 1.04 bits per heavy atom. The molecule has 0 amide bonds. The lowest BCUT2D eigenvalue weighted by Gasteiger charge is -2.16. The molecule has 0 aliphatic heterocycles. The van der Waals surface area contributed by atoms with E-state index < -0.39 is 18.0 Å². The molecule has 2 aromatic rings. The summed E-state index contributed by atoms with van der Waals surface area (Å²) in [4.78, 5) is 24.4. The van der Waals surface area contributed by atoms with Crippen LogP contribution in [0.5, 0.6) is 11.5 Å². The van der Waals surface area contributed by atoms with Gasteiger partial charge >= 0.3 is 11.9 Å². The van der Waals surface area contributed by atoms with Gasteiger partial charge in [0.15, 0.2) is 11.5 Å². The Kier molecular flexibility index (Phi) is 9.12. The molecule has 0 aliphatic rings. The molecule has 0 aliphatic carbocycles. The van der Waals surface area contributed by atoms with Crippen molar-refractivity contribution in [2.75, 3.05) is 13.6 Å². The average molecular weight is 408 g/mol. The van der Waals surface area contributed by atoms with Gasteiger partial charge < -0.3 is 19.9 Å². The van der Waals surface area contributed by atoms with Crippen molar-refractivity contribution in [2.24, 2.45) is 5.92 Å². The third kappa shape index (κ3) is 6.34. The minimum absolute atomic E-state index is 0. The summed E-state index contributed by atoms with van der Waals surface area (Å²) in [5, 5.41) is 13.0. The molecule has 152 valence electrons. The number of aliphatic hydroxyl groups excluding tert-OH is 1. The Morgan fingerprint density at radius 3 is 2.25 bits per heavy atom. The zero-order valence-corrected chi connectivity index (χ0v) is 17.2. The zero-order chi connectivity index (χ0) is 20.0. The van der Waals surface area contributed by atoms with Crippen molar-refractivity contribution in [3.8, 4) is 11.5 Å². The Labute approximate surface area is 171 Å². The fourth-order valence-electron chi connectivity index (χ4n) is 2.28. The molecule has 0 radical (unpaired) electrons. The topological polar surface area (TPSA) is 84.9 Å². The predicted molar refractivity (Wildman–Crippen MR) is 109 cm³/mol. The largest absolute Gasteiger partial charge is 0.422 e. The third-order valence-electron chi connectivity index (χ3n) is 3.92. The Bertz CT molecular complexity index is 805. The minimum Gasteiger partial charge on any atom is -0.422 e. The molecule has 2 N–H and O–H groups in total. The molecule has 0 saturated heterocycles. The smallest absolute Gasteiger partial charge is 0.343 e. The molecule has 7 heteroatoms. The molecule has 1 atom stereocenters. The van der Waals surface area contributed by atoms with Crippen LogP contribution in [0.3, 0.4) is 0 Å². The SMILES string of the molecule is CNCC(O)c1ccc(OC(=O)c2ccc(C)cc2)c(OC(=O)C(C)C)c1.Cl. The average Bonchev–Trinajstić information content (AvgIpc) is 2.63. The highest BCUT2D eigenvalue weighted by atomic mass is 35.5. The molecule has 1 unspecified atom stereocenters. The number of rotatable bonds is 7. The zero-order valence-electron chi connectivity index (χ0n) is 16.4. The normalized spacial score (nSPS) is 11.5. The fraction of sp³-hybridized carbons (Fsp3) is 0.333. The second-order valence-electron chi connectivity index (χ2n) is 6.61. The number of ether oxygens (including phenoxy) is 2. The molecule has 6 nitrogen and oxygen atoms in total. The summed E-state index contributed by atoms with van der Waals surface area (Å²) in [5.74, 6) is -1.14. The number of aryl methyl sites for hydroxylation is 1. The van der Waals surface area contributed by atoms with Crippen molar-refractivity contribution in [1.82, 2.24) is 5.32 Å². The van der Waals surface area contributed by atoms with Crippen molar-refractivity contribution in [3.05, 3.63) is 59.2 Å². The highest BCUT2D eigenvalue weighted by Crippen LogP contribution is 2.32. The number of nitrogens with one attached hydrogen (secondary N) is 1. The summed E-state index contributed by atoms with van der Waals surface area (Å²) in [6, 6.07) is 11.6. The summed E-state index contributed by atoms with van der Waals surface area (Å²) >= 11 is 0. The summed E-state index contributed by atoms with van der Waals surface area (Å²) in [6.45, 7) is 5.67. The van der Waals surface area contributed by atoms with Crippen molar-refractivity contribution < 1.29 is 24.2 Å². The molecular weight excluding hydrogens is 382 g/mol. The first kappa shape index (κ1) is 23.6. The maximum Gasteiger partial charge on any atom is 0.343 e. The highest BCUT2D eigenvalue weighted by Gasteiger charge is 2.19. The highest BCUT2D eigenvalue weighted by molar-refractivity contribution is 5.91. The van der Waals surface area contributed by atoms with Crippen LogP contribution in [-0.2, 0) is 4.79 Å². The van der Waals surface area contributed by atoms with E-state index in [-0.39, 0.29) is 29.8 Å². The third-order valence-corrected chi connectivity index (χ3v) is 3.92. The maximum absolute atomic E-state index is 12.4. The van der Waals surface area contributed by atoms with Crippen LogP contribution in [0.15, 0.2) is 42.5 Å². The Hall–Kier alpha value is -2.41. The monoisotopic (exact) mass is 407 g/mol. The number of carbonyl (C=O) groups is 2. The van der Waals surface area contributed by atoms with E-state index in [1.165, 1.54) is 12.1 Å². The number of hydrogen-bond acceptors (Lipinski definition) is 6. The lowest BCUT2D eigenvalue weighted by molar-refractivity contribution is -0.137. The van der Waals surface area contributed by atoms with Crippen molar-refractivity contribution in [2.45, 2.75) is 26.9 Å². The fourth-order valence-corrected chi connectivity index (χ4v) is 2.28. The molecule has 2 aromatic carbocycles. The number of aliphatic hydroxyl groups is 1. The molecular formula is C21H26ClNO5.